The van der Waals surface area contributed by atoms with Crippen LogP contribution in [-0.2, 0) is 13.0 Å². The van der Waals surface area contributed by atoms with Crippen LogP contribution in [0.25, 0.3) is 0 Å². The van der Waals surface area contributed by atoms with Crippen LogP contribution in [0.1, 0.15) is 18.2 Å². The highest BCUT2D eigenvalue weighted by Gasteiger charge is 2.02. The second-order valence-electron chi connectivity index (χ2n) is 4.39. The number of benzene rings is 1. The molecular formula is C13H17N3O. The number of phenolic OH excluding ortho intramolecular Hbond substituents is 1. The van der Waals surface area contributed by atoms with Crippen LogP contribution < -0.4 is 5.73 Å². The van der Waals surface area contributed by atoms with Gasteiger partial charge in [0.25, 0.3) is 0 Å². The molecule has 90 valence electrons. The third kappa shape index (κ3) is 3.32. The minimum Gasteiger partial charge on any atom is -0.508 e. The van der Waals surface area contributed by atoms with Gasteiger partial charge in [0, 0.05) is 25.2 Å². The summed E-state index contributed by atoms with van der Waals surface area (Å²) >= 11 is 0. The molecule has 2 aromatic rings. The van der Waals surface area contributed by atoms with E-state index in [4.69, 9.17) is 5.73 Å². The van der Waals surface area contributed by atoms with E-state index in [1.54, 1.807) is 18.5 Å². The summed E-state index contributed by atoms with van der Waals surface area (Å²) in [5, 5.41) is 9.37. The third-order valence-corrected chi connectivity index (χ3v) is 2.49. The summed E-state index contributed by atoms with van der Waals surface area (Å²) in [7, 11) is 0. The Kier molecular flexibility index (Phi) is 3.44. The number of nitrogens with zero attached hydrogens (tertiary/aromatic N) is 2. The van der Waals surface area contributed by atoms with Gasteiger partial charge in [-0.2, -0.15) is 0 Å². The molecule has 1 heterocycles. The first-order valence-corrected chi connectivity index (χ1v) is 5.67. The smallest absolute Gasteiger partial charge is 0.115 e. The highest BCUT2D eigenvalue weighted by Crippen LogP contribution is 2.12. The lowest BCUT2D eigenvalue weighted by atomic mass is 10.2. The molecule has 1 unspecified atom stereocenters. The maximum atomic E-state index is 9.37. The lowest BCUT2D eigenvalue weighted by molar-refractivity contribution is 0.474. The number of phenols is 1. The quantitative estimate of drug-likeness (QED) is 0.838. The van der Waals surface area contributed by atoms with Crippen molar-refractivity contribution in [3.63, 3.8) is 0 Å². The maximum absolute atomic E-state index is 9.37. The predicted octanol–water partition coefficient (Wildman–Crippen LogP) is 1.53. The summed E-state index contributed by atoms with van der Waals surface area (Å²) in [4.78, 5) is 4.30. The molecule has 2 rings (SSSR count). The number of hydrogen-bond donors (Lipinski definition) is 2. The molecule has 1 atom stereocenters. The van der Waals surface area contributed by atoms with E-state index < -0.39 is 0 Å². The van der Waals surface area contributed by atoms with E-state index >= 15 is 0 Å². The summed E-state index contributed by atoms with van der Waals surface area (Å²) in [6.45, 7) is 2.68. The van der Waals surface area contributed by atoms with Crippen molar-refractivity contribution in [3.8, 4) is 5.75 Å². The summed E-state index contributed by atoms with van der Waals surface area (Å²) in [6.07, 6.45) is 4.57. The molecule has 0 bridgehead atoms. The number of rotatable bonds is 4. The van der Waals surface area contributed by atoms with E-state index in [2.05, 4.69) is 4.98 Å². The molecule has 0 fully saturated rings. The number of aromatic nitrogens is 2. The van der Waals surface area contributed by atoms with E-state index in [-0.39, 0.29) is 6.04 Å². The van der Waals surface area contributed by atoms with Crippen molar-refractivity contribution in [2.45, 2.75) is 25.9 Å². The molecule has 0 amide bonds. The zero-order valence-electron chi connectivity index (χ0n) is 9.87. The van der Waals surface area contributed by atoms with Crippen molar-refractivity contribution in [3.05, 3.63) is 48.0 Å². The molecule has 0 aliphatic carbocycles. The Morgan fingerprint density at radius 1 is 1.47 bits per heavy atom. The molecule has 0 saturated heterocycles. The lowest BCUT2D eigenvalue weighted by Gasteiger charge is -2.03. The molecule has 0 aliphatic rings. The van der Waals surface area contributed by atoms with Gasteiger partial charge in [-0.1, -0.05) is 12.1 Å². The third-order valence-electron chi connectivity index (χ3n) is 2.49. The Labute approximate surface area is 101 Å². The standard InChI is InChI=1S/C13H17N3O/c1-10(14)5-12-8-16(9-15-12)7-11-3-2-4-13(17)6-11/h2-4,6,8-10,17H,5,7,14H2,1H3. The lowest BCUT2D eigenvalue weighted by Crippen LogP contribution is -2.17. The summed E-state index contributed by atoms with van der Waals surface area (Å²) in [5.74, 6) is 0.290. The van der Waals surface area contributed by atoms with Crippen LogP contribution in [0.5, 0.6) is 5.75 Å². The SMILES string of the molecule is CC(N)Cc1cn(Cc2cccc(O)c2)cn1. The van der Waals surface area contributed by atoms with E-state index in [0.717, 1.165) is 17.7 Å². The largest absolute Gasteiger partial charge is 0.508 e. The number of nitrogens with two attached hydrogens (primary N) is 1. The Bertz CT molecular complexity index is 491. The van der Waals surface area contributed by atoms with Gasteiger partial charge in [0.15, 0.2) is 0 Å². The van der Waals surface area contributed by atoms with Gasteiger partial charge in [-0.3, -0.25) is 0 Å². The molecule has 0 radical (unpaired) electrons. The molecule has 1 aromatic carbocycles. The van der Waals surface area contributed by atoms with Crippen molar-refractivity contribution in [1.82, 2.24) is 9.55 Å². The van der Waals surface area contributed by atoms with Gasteiger partial charge < -0.3 is 15.4 Å². The van der Waals surface area contributed by atoms with Crippen LogP contribution in [0.15, 0.2) is 36.8 Å². The minimum absolute atomic E-state index is 0.124. The fourth-order valence-corrected chi connectivity index (χ4v) is 1.79. The van der Waals surface area contributed by atoms with Gasteiger partial charge in [-0.25, -0.2) is 4.98 Å². The zero-order chi connectivity index (χ0) is 12.3. The molecule has 17 heavy (non-hydrogen) atoms. The van der Waals surface area contributed by atoms with E-state index in [1.165, 1.54) is 0 Å². The van der Waals surface area contributed by atoms with Gasteiger partial charge in [0.2, 0.25) is 0 Å². The van der Waals surface area contributed by atoms with Crippen LogP contribution in [0.3, 0.4) is 0 Å². The second-order valence-corrected chi connectivity index (χ2v) is 4.39. The Balaban J connectivity index is 2.06. The van der Waals surface area contributed by atoms with Crippen molar-refractivity contribution in [2.75, 3.05) is 0 Å². The van der Waals surface area contributed by atoms with Crippen LogP contribution in [0.4, 0.5) is 0 Å². The van der Waals surface area contributed by atoms with E-state index in [1.807, 2.05) is 29.8 Å². The summed E-state index contributed by atoms with van der Waals surface area (Å²) < 4.78 is 1.99. The summed E-state index contributed by atoms with van der Waals surface area (Å²) in [5.41, 5.74) is 7.77. The minimum atomic E-state index is 0.124. The van der Waals surface area contributed by atoms with Crippen LogP contribution in [-0.4, -0.2) is 20.7 Å². The molecular weight excluding hydrogens is 214 g/mol. The first-order valence-electron chi connectivity index (χ1n) is 5.67. The first kappa shape index (κ1) is 11.7. The first-order chi connectivity index (χ1) is 8.13. The van der Waals surface area contributed by atoms with Crippen LogP contribution in [0, 0.1) is 0 Å². The molecule has 4 nitrogen and oxygen atoms in total. The Hall–Kier alpha value is -1.81. The van der Waals surface area contributed by atoms with Crippen molar-refractivity contribution < 1.29 is 5.11 Å². The van der Waals surface area contributed by atoms with Gasteiger partial charge in [0.05, 0.1) is 12.0 Å². The van der Waals surface area contributed by atoms with Gasteiger partial charge in [-0.15, -0.1) is 0 Å². The number of imidazole rings is 1. The Morgan fingerprint density at radius 3 is 3.00 bits per heavy atom. The maximum Gasteiger partial charge on any atom is 0.115 e. The molecule has 1 aromatic heterocycles. The van der Waals surface area contributed by atoms with Crippen molar-refractivity contribution >= 4 is 0 Å². The topological polar surface area (TPSA) is 64.1 Å². The fraction of sp³-hybridized carbons (Fsp3) is 0.308. The van der Waals surface area contributed by atoms with Gasteiger partial charge in [-0.05, 0) is 24.6 Å². The fourth-order valence-electron chi connectivity index (χ4n) is 1.79. The number of aromatic hydroxyl groups is 1. The van der Waals surface area contributed by atoms with Crippen LogP contribution in [0.2, 0.25) is 0 Å². The second kappa shape index (κ2) is 5.01. The monoisotopic (exact) mass is 231 g/mol. The molecule has 4 heteroatoms. The van der Waals surface area contributed by atoms with Gasteiger partial charge in [0.1, 0.15) is 5.75 Å². The number of hydrogen-bond acceptors (Lipinski definition) is 3. The molecule has 0 spiro atoms. The zero-order valence-corrected chi connectivity index (χ0v) is 9.87. The average molecular weight is 231 g/mol. The predicted molar refractivity (Wildman–Crippen MR) is 66.8 cm³/mol. The van der Waals surface area contributed by atoms with E-state index in [0.29, 0.717) is 12.3 Å². The Morgan fingerprint density at radius 2 is 2.29 bits per heavy atom. The van der Waals surface area contributed by atoms with Crippen molar-refractivity contribution in [2.24, 2.45) is 5.73 Å². The van der Waals surface area contributed by atoms with E-state index in [9.17, 15) is 5.11 Å². The van der Waals surface area contributed by atoms with Crippen molar-refractivity contribution in [1.29, 1.82) is 0 Å². The highest BCUT2D eigenvalue weighted by atomic mass is 16.3. The molecule has 3 N–H and O–H groups in total. The van der Waals surface area contributed by atoms with Crippen LogP contribution >= 0.6 is 0 Å². The average Bonchev–Trinajstić information content (AvgIpc) is 2.64. The normalized spacial score (nSPS) is 12.6. The molecule has 0 saturated carbocycles. The highest BCUT2D eigenvalue weighted by molar-refractivity contribution is 5.27. The van der Waals surface area contributed by atoms with Gasteiger partial charge >= 0.3 is 0 Å². The summed E-state index contributed by atoms with van der Waals surface area (Å²) in [6, 6.07) is 7.36. The molecule has 0 aliphatic heterocycles.